The summed E-state index contributed by atoms with van der Waals surface area (Å²) in [5.74, 6) is 1.44. The Bertz CT molecular complexity index is 443. The van der Waals surface area contributed by atoms with Crippen molar-refractivity contribution in [3.05, 3.63) is 22.1 Å². The van der Waals surface area contributed by atoms with E-state index >= 15 is 0 Å². The van der Waals surface area contributed by atoms with Gasteiger partial charge in [0.25, 0.3) is 5.56 Å². The number of rotatable bonds is 5. The monoisotopic (exact) mass is 269 g/mol. The molecule has 0 aromatic carbocycles. The number of nitrogens with zero attached hydrogens (tertiary/aromatic N) is 1. The second-order valence-corrected chi connectivity index (χ2v) is 5.53. The third-order valence-corrected chi connectivity index (χ3v) is 4.14. The summed E-state index contributed by atoms with van der Waals surface area (Å²) in [5, 5.41) is 4.02. The van der Waals surface area contributed by atoms with E-state index in [0.29, 0.717) is 17.1 Å². The number of aromatic nitrogens is 2. The minimum absolute atomic E-state index is 0.0878. The Hall–Kier alpha value is -0.850. The van der Waals surface area contributed by atoms with E-state index in [1.807, 2.05) is 14.0 Å². The van der Waals surface area contributed by atoms with Crippen LogP contribution in [0, 0.1) is 12.8 Å². The lowest BCUT2D eigenvalue weighted by Crippen LogP contribution is -2.36. The third kappa shape index (κ3) is 3.57. The fourth-order valence-electron chi connectivity index (χ4n) is 2.11. The molecule has 1 saturated heterocycles. The van der Waals surface area contributed by atoms with Crippen LogP contribution in [0.4, 0.5) is 0 Å². The molecule has 0 radical (unpaired) electrons. The highest BCUT2D eigenvalue weighted by Gasteiger charge is 2.24. The zero-order valence-electron chi connectivity index (χ0n) is 10.7. The van der Waals surface area contributed by atoms with E-state index in [0.717, 1.165) is 31.1 Å². The second kappa shape index (κ2) is 6.36. The van der Waals surface area contributed by atoms with Crippen molar-refractivity contribution in [2.75, 3.05) is 26.0 Å². The summed E-state index contributed by atoms with van der Waals surface area (Å²) in [4.78, 5) is 18.4. The molecule has 1 aromatic heterocycles. The van der Waals surface area contributed by atoms with Crippen molar-refractivity contribution >= 4 is 11.8 Å². The number of ether oxygens (including phenoxy) is 1. The van der Waals surface area contributed by atoms with Crippen molar-refractivity contribution in [3.63, 3.8) is 0 Å². The Morgan fingerprint density at radius 1 is 1.72 bits per heavy atom. The number of H-pyrrole nitrogens is 1. The lowest BCUT2D eigenvalue weighted by Gasteiger charge is -2.20. The van der Waals surface area contributed by atoms with Crippen molar-refractivity contribution in [2.24, 2.45) is 5.92 Å². The minimum atomic E-state index is -0.0878. The van der Waals surface area contributed by atoms with Crippen LogP contribution in [0.1, 0.15) is 12.1 Å². The van der Waals surface area contributed by atoms with E-state index < -0.39 is 0 Å². The molecule has 0 aliphatic carbocycles. The van der Waals surface area contributed by atoms with Crippen LogP contribution in [0.5, 0.6) is 0 Å². The van der Waals surface area contributed by atoms with Crippen LogP contribution in [0.25, 0.3) is 0 Å². The third-order valence-electron chi connectivity index (χ3n) is 3.15. The van der Waals surface area contributed by atoms with Gasteiger partial charge in [-0.1, -0.05) is 11.8 Å². The fraction of sp³-hybridized carbons (Fsp3) is 0.667. The summed E-state index contributed by atoms with van der Waals surface area (Å²) < 4.78 is 5.41. The quantitative estimate of drug-likeness (QED) is 0.611. The Balaban J connectivity index is 1.94. The van der Waals surface area contributed by atoms with Gasteiger partial charge in [0, 0.05) is 36.1 Å². The zero-order chi connectivity index (χ0) is 13.0. The molecule has 5 nitrogen and oxygen atoms in total. The van der Waals surface area contributed by atoms with Crippen molar-refractivity contribution in [1.29, 1.82) is 0 Å². The molecule has 1 aromatic rings. The summed E-state index contributed by atoms with van der Waals surface area (Å²) in [6.45, 7) is 3.51. The maximum Gasteiger partial charge on any atom is 0.251 e. The summed E-state index contributed by atoms with van der Waals surface area (Å²) in [6.07, 6.45) is 1.10. The predicted molar refractivity (Wildman–Crippen MR) is 72.1 cm³/mol. The molecule has 2 N–H and O–H groups in total. The molecule has 1 fully saturated rings. The smallest absolute Gasteiger partial charge is 0.251 e. The van der Waals surface area contributed by atoms with Gasteiger partial charge < -0.3 is 15.0 Å². The van der Waals surface area contributed by atoms with Crippen molar-refractivity contribution in [2.45, 2.75) is 24.5 Å². The summed E-state index contributed by atoms with van der Waals surface area (Å²) in [7, 11) is 1.97. The van der Waals surface area contributed by atoms with Crippen molar-refractivity contribution in [3.8, 4) is 0 Å². The zero-order valence-corrected chi connectivity index (χ0v) is 11.5. The van der Waals surface area contributed by atoms with Gasteiger partial charge in [0.05, 0.1) is 6.61 Å². The van der Waals surface area contributed by atoms with Crippen LogP contribution in [-0.2, 0) is 4.74 Å². The molecule has 0 bridgehead atoms. The Morgan fingerprint density at radius 3 is 3.17 bits per heavy atom. The number of hydrogen-bond donors (Lipinski definition) is 2. The normalized spacial score (nSPS) is 21.1. The highest BCUT2D eigenvalue weighted by atomic mass is 32.2. The van der Waals surface area contributed by atoms with E-state index in [-0.39, 0.29) is 5.56 Å². The topological polar surface area (TPSA) is 67.0 Å². The van der Waals surface area contributed by atoms with Gasteiger partial charge >= 0.3 is 0 Å². The predicted octanol–water partition coefficient (Wildman–Crippen LogP) is 0.795. The molecule has 0 amide bonds. The maximum atomic E-state index is 11.3. The highest BCUT2D eigenvalue weighted by molar-refractivity contribution is 7.99. The standard InChI is InChI=1S/C12H19N3O2S/c1-8-5-11(16)15-12(14-8)18-7-10(13-2)9-3-4-17-6-9/h5,9-10,13H,3-4,6-7H2,1-2H3,(H,14,15,16). The lowest BCUT2D eigenvalue weighted by atomic mass is 10.0. The first kappa shape index (κ1) is 13.6. The number of aryl methyl sites for hydroxylation is 1. The molecule has 2 heterocycles. The molecule has 0 saturated carbocycles. The number of nitrogens with one attached hydrogen (secondary N) is 2. The molecule has 2 atom stereocenters. The van der Waals surface area contributed by atoms with Gasteiger partial charge in [0.2, 0.25) is 0 Å². The van der Waals surface area contributed by atoms with Crippen LogP contribution >= 0.6 is 11.8 Å². The van der Waals surface area contributed by atoms with Crippen LogP contribution in [0.3, 0.4) is 0 Å². The molecule has 2 rings (SSSR count). The number of aromatic amines is 1. The van der Waals surface area contributed by atoms with Gasteiger partial charge in [-0.05, 0) is 20.4 Å². The molecular weight excluding hydrogens is 250 g/mol. The Labute approximate surface area is 111 Å². The minimum Gasteiger partial charge on any atom is -0.381 e. The molecule has 100 valence electrons. The van der Waals surface area contributed by atoms with Gasteiger partial charge in [0.1, 0.15) is 0 Å². The molecule has 2 unspecified atom stereocenters. The average molecular weight is 269 g/mol. The number of thioether (sulfide) groups is 1. The largest absolute Gasteiger partial charge is 0.381 e. The first-order valence-corrected chi connectivity index (χ1v) is 7.13. The highest BCUT2D eigenvalue weighted by Crippen LogP contribution is 2.22. The van der Waals surface area contributed by atoms with Gasteiger partial charge in [-0.3, -0.25) is 4.79 Å². The van der Waals surface area contributed by atoms with Crippen LogP contribution < -0.4 is 10.9 Å². The maximum absolute atomic E-state index is 11.3. The fourth-order valence-corrected chi connectivity index (χ4v) is 3.27. The van der Waals surface area contributed by atoms with E-state index in [4.69, 9.17) is 4.74 Å². The van der Waals surface area contributed by atoms with Crippen molar-refractivity contribution in [1.82, 2.24) is 15.3 Å². The van der Waals surface area contributed by atoms with E-state index in [1.165, 1.54) is 6.07 Å². The van der Waals surface area contributed by atoms with E-state index in [9.17, 15) is 4.79 Å². The van der Waals surface area contributed by atoms with Gasteiger partial charge in [-0.2, -0.15) is 0 Å². The lowest BCUT2D eigenvalue weighted by molar-refractivity contribution is 0.179. The summed E-state index contributed by atoms with van der Waals surface area (Å²) in [5.41, 5.74) is 0.668. The Morgan fingerprint density at radius 2 is 2.56 bits per heavy atom. The van der Waals surface area contributed by atoms with Crippen molar-refractivity contribution < 1.29 is 4.74 Å². The molecular formula is C12H19N3O2S. The van der Waals surface area contributed by atoms with Gasteiger partial charge in [0.15, 0.2) is 5.16 Å². The SMILES string of the molecule is CNC(CSc1nc(C)cc(=O)[nH]1)C1CCOC1. The molecule has 18 heavy (non-hydrogen) atoms. The van der Waals surface area contributed by atoms with Crippen LogP contribution in [0.2, 0.25) is 0 Å². The Kier molecular flexibility index (Phi) is 4.79. The number of hydrogen-bond acceptors (Lipinski definition) is 5. The second-order valence-electron chi connectivity index (χ2n) is 4.52. The molecule has 0 spiro atoms. The van der Waals surface area contributed by atoms with Gasteiger partial charge in [-0.25, -0.2) is 4.98 Å². The van der Waals surface area contributed by atoms with Gasteiger partial charge in [-0.15, -0.1) is 0 Å². The van der Waals surface area contributed by atoms with Crippen LogP contribution in [0.15, 0.2) is 16.0 Å². The van der Waals surface area contributed by atoms with E-state index in [2.05, 4.69) is 15.3 Å². The van der Waals surface area contributed by atoms with Crippen LogP contribution in [-0.4, -0.2) is 42.0 Å². The molecule has 6 heteroatoms. The summed E-state index contributed by atoms with van der Waals surface area (Å²) >= 11 is 1.58. The summed E-state index contributed by atoms with van der Waals surface area (Å²) in [6, 6.07) is 1.90. The first-order chi connectivity index (χ1) is 8.69. The first-order valence-electron chi connectivity index (χ1n) is 6.15. The van der Waals surface area contributed by atoms with E-state index in [1.54, 1.807) is 11.8 Å². The molecule has 1 aliphatic heterocycles. The average Bonchev–Trinajstić information content (AvgIpc) is 2.82. The molecule has 1 aliphatic rings.